The van der Waals surface area contributed by atoms with E-state index in [0.717, 1.165) is 11.3 Å². The van der Waals surface area contributed by atoms with E-state index in [2.05, 4.69) is 5.10 Å². The fraction of sp³-hybridized carbons (Fsp3) is 0.333. The number of aromatic nitrogens is 2. The molecule has 0 aliphatic heterocycles. The van der Waals surface area contributed by atoms with Crippen molar-refractivity contribution in [1.29, 1.82) is 0 Å². The second-order valence-electron chi connectivity index (χ2n) is 4.89. The molecule has 2 N–H and O–H groups in total. The minimum absolute atomic E-state index is 0.0449. The molecule has 0 aliphatic rings. The van der Waals surface area contributed by atoms with E-state index in [0.29, 0.717) is 5.69 Å². The van der Waals surface area contributed by atoms with Crippen molar-refractivity contribution in [3.8, 4) is 5.75 Å². The van der Waals surface area contributed by atoms with Crippen LogP contribution in [0.25, 0.3) is 0 Å². The van der Waals surface area contributed by atoms with Crippen LogP contribution in [0, 0.1) is 0 Å². The predicted molar refractivity (Wildman–Crippen MR) is 80.8 cm³/mol. The molecule has 1 aromatic carbocycles. The van der Waals surface area contributed by atoms with E-state index >= 15 is 0 Å². The summed E-state index contributed by atoms with van der Waals surface area (Å²) in [6.45, 7) is 2.13. The number of carbonyl (C=O) groups is 1. The van der Waals surface area contributed by atoms with E-state index in [1.807, 2.05) is 31.2 Å². The van der Waals surface area contributed by atoms with Gasteiger partial charge in [0.2, 0.25) is 5.91 Å². The summed E-state index contributed by atoms with van der Waals surface area (Å²) in [5.74, 6) is 0.726. The summed E-state index contributed by atoms with van der Waals surface area (Å²) in [7, 11) is 3.40. The molecule has 1 unspecified atom stereocenters. The van der Waals surface area contributed by atoms with Crippen LogP contribution >= 0.6 is 0 Å². The Morgan fingerprint density at radius 2 is 2.19 bits per heavy atom. The molecule has 2 aromatic rings. The maximum Gasteiger partial charge on any atom is 0.244 e. The van der Waals surface area contributed by atoms with E-state index in [4.69, 9.17) is 10.5 Å². The molecule has 6 nitrogen and oxygen atoms in total. The first kappa shape index (κ1) is 14.9. The zero-order valence-electron chi connectivity index (χ0n) is 12.5. The second-order valence-corrected chi connectivity index (χ2v) is 4.89. The highest BCUT2D eigenvalue weighted by molar-refractivity contribution is 5.76. The van der Waals surface area contributed by atoms with Gasteiger partial charge in [-0.3, -0.25) is 9.48 Å². The van der Waals surface area contributed by atoms with Gasteiger partial charge in [-0.05, 0) is 13.0 Å². The fourth-order valence-corrected chi connectivity index (χ4v) is 2.15. The van der Waals surface area contributed by atoms with Crippen molar-refractivity contribution < 1.29 is 9.53 Å². The number of nitrogen functional groups attached to an aromatic ring is 1. The second kappa shape index (κ2) is 6.30. The average Bonchev–Trinajstić information content (AvgIpc) is 2.90. The van der Waals surface area contributed by atoms with E-state index in [-0.39, 0.29) is 18.5 Å². The SMILES string of the molecule is COc1ccccc1C(C)N(C)C(=O)Cn1cc(N)cn1. The standard InChI is InChI=1S/C15H20N4O2/c1-11(13-6-4-5-7-14(13)21-3)18(2)15(20)10-19-9-12(16)8-17-19/h4-9,11H,10,16H2,1-3H3. The number of nitrogens with two attached hydrogens (primary N) is 1. The van der Waals surface area contributed by atoms with Gasteiger partial charge in [-0.2, -0.15) is 5.10 Å². The molecule has 1 aromatic heterocycles. The van der Waals surface area contributed by atoms with Crippen LogP contribution in [0.3, 0.4) is 0 Å². The average molecular weight is 288 g/mol. The molecule has 1 amide bonds. The predicted octanol–water partition coefficient (Wildman–Crippen LogP) is 1.69. The number of benzene rings is 1. The van der Waals surface area contributed by atoms with Gasteiger partial charge in [0.25, 0.3) is 0 Å². The zero-order valence-corrected chi connectivity index (χ0v) is 12.5. The van der Waals surface area contributed by atoms with Crippen LogP contribution in [-0.4, -0.2) is 34.7 Å². The van der Waals surface area contributed by atoms with Crippen molar-refractivity contribution in [2.75, 3.05) is 19.9 Å². The summed E-state index contributed by atoms with van der Waals surface area (Å²) >= 11 is 0. The smallest absolute Gasteiger partial charge is 0.244 e. The summed E-state index contributed by atoms with van der Waals surface area (Å²) < 4.78 is 6.88. The number of rotatable bonds is 5. The van der Waals surface area contributed by atoms with Crippen molar-refractivity contribution >= 4 is 11.6 Å². The number of amides is 1. The molecule has 1 atom stereocenters. The number of para-hydroxylation sites is 1. The summed E-state index contributed by atoms with van der Waals surface area (Å²) in [6.07, 6.45) is 3.16. The number of anilines is 1. The lowest BCUT2D eigenvalue weighted by Gasteiger charge is -2.26. The van der Waals surface area contributed by atoms with Gasteiger partial charge >= 0.3 is 0 Å². The van der Waals surface area contributed by atoms with Gasteiger partial charge in [-0.15, -0.1) is 0 Å². The summed E-state index contributed by atoms with van der Waals surface area (Å²) in [5, 5.41) is 4.02. The van der Waals surface area contributed by atoms with Crippen LogP contribution in [0.5, 0.6) is 5.75 Å². The first-order valence-corrected chi connectivity index (χ1v) is 6.69. The Balaban J connectivity index is 2.11. The maximum atomic E-state index is 12.3. The number of hydrogen-bond donors (Lipinski definition) is 1. The molecule has 0 saturated carbocycles. The van der Waals surface area contributed by atoms with Gasteiger partial charge < -0.3 is 15.4 Å². The van der Waals surface area contributed by atoms with E-state index in [1.54, 1.807) is 25.3 Å². The molecule has 1 heterocycles. The molecule has 0 saturated heterocycles. The minimum atomic E-state index is -0.0958. The lowest BCUT2D eigenvalue weighted by Crippen LogP contribution is -2.32. The summed E-state index contributed by atoms with van der Waals surface area (Å²) in [6, 6.07) is 7.59. The Morgan fingerprint density at radius 3 is 2.81 bits per heavy atom. The monoisotopic (exact) mass is 288 g/mol. The zero-order chi connectivity index (χ0) is 15.4. The van der Waals surface area contributed by atoms with Crippen molar-refractivity contribution in [1.82, 2.24) is 14.7 Å². The number of likely N-dealkylation sites (N-methyl/N-ethyl adjacent to an activating group) is 1. The maximum absolute atomic E-state index is 12.3. The lowest BCUT2D eigenvalue weighted by atomic mass is 10.1. The molecule has 0 spiro atoms. The molecule has 0 bridgehead atoms. The number of hydrogen-bond acceptors (Lipinski definition) is 4. The minimum Gasteiger partial charge on any atom is -0.496 e. The van der Waals surface area contributed by atoms with Crippen LogP contribution in [0.1, 0.15) is 18.5 Å². The highest BCUT2D eigenvalue weighted by Crippen LogP contribution is 2.28. The largest absolute Gasteiger partial charge is 0.496 e. The number of carbonyl (C=O) groups excluding carboxylic acids is 1. The third kappa shape index (κ3) is 3.34. The van der Waals surface area contributed by atoms with E-state index in [9.17, 15) is 4.79 Å². The molecule has 6 heteroatoms. The Labute approximate surface area is 124 Å². The van der Waals surface area contributed by atoms with Crippen molar-refractivity contribution in [2.24, 2.45) is 0 Å². The quantitative estimate of drug-likeness (QED) is 0.908. The van der Waals surface area contributed by atoms with E-state index in [1.165, 1.54) is 10.9 Å². The van der Waals surface area contributed by atoms with Crippen LogP contribution in [0.4, 0.5) is 5.69 Å². The molecule has 0 radical (unpaired) electrons. The summed E-state index contributed by atoms with van der Waals surface area (Å²) in [4.78, 5) is 14.0. The van der Waals surface area contributed by atoms with Gasteiger partial charge in [0, 0.05) is 18.8 Å². The van der Waals surface area contributed by atoms with Crippen LogP contribution in [0.15, 0.2) is 36.7 Å². The highest BCUT2D eigenvalue weighted by atomic mass is 16.5. The fourth-order valence-electron chi connectivity index (χ4n) is 2.15. The first-order valence-electron chi connectivity index (χ1n) is 6.69. The molecular weight excluding hydrogens is 268 g/mol. The van der Waals surface area contributed by atoms with Gasteiger partial charge in [0.05, 0.1) is 25.0 Å². The Bertz CT molecular complexity index is 624. The summed E-state index contributed by atoms with van der Waals surface area (Å²) in [5.41, 5.74) is 7.11. The van der Waals surface area contributed by atoms with Gasteiger partial charge in [-0.25, -0.2) is 0 Å². The third-order valence-electron chi connectivity index (χ3n) is 3.51. The molecule has 112 valence electrons. The topological polar surface area (TPSA) is 73.4 Å². The molecular formula is C15H20N4O2. The van der Waals surface area contributed by atoms with Gasteiger partial charge in [0.1, 0.15) is 12.3 Å². The number of ether oxygens (including phenoxy) is 1. The normalized spacial score (nSPS) is 12.0. The third-order valence-corrected chi connectivity index (χ3v) is 3.51. The first-order chi connectivity index (χ1) is 10.0. The molecule has 0 fully saturated rings. The Morgan fingerprint density at radius 1 is 1.48 bits per heavy atom. The molecule has 21 heavy (non-hydrogen) atoms. The van der Waals surface area contributed by atoms with Crippen LogP contribution < -0.4 is 10.5 Å². The van der Waals surface area contributed by atoms with Crippen molar-refractivity contribution in [3.05, 3.63) is 42.2 Å². The van der Waals surface area contributed by atoms with Gasteiger partial charge in [0.15, 0.2) is 0 Å². The van der Waals surface area contributed by atoms with E-state index < -0.39 is 0 Å². The van der Waals surface area contributed by atoms with Crippen molar-refractivity contribution in [3.63, 3.8) is 0 Å². The Hall–Kier alpha value is -2.50. The molecule has 2 rings (SSSR count). The highest BCUT2D eigenvalue weighted by Gasteiger charge is 2.20. The van der Waals surface area contributed by atoms with Gasteiger partial charge in [-0.1, -0.05) is 18.2 Å². The van der Waals surface area contributed by atoms with Crippen molar-refractivity contribution in [2.45, 2.75) is 19.5 Å². The molecule has 0 aliphatic carbocycles. The Kier molecular flexibility index (Phi) is 4.47. The van der Waals surface area contributed by atoms with Crippen LogP contribution in [-0.2, 0) is 11.3 Å². The van der Waals surface area contributed by atoms with Crippen LogP contribution in [0.2, 0.25) is 0 Å². The number of nitrogens with zero attached hydrogens (tertiary/aromatic N) is 3. The lowest BCUT2D eigenvalue weighted by molar-refractivity contribution is -0.132. The number of methoxy groups -OCH3 is 1.